The Labute approximate surface area is 264 Å². The molecule has 1 unspecified atom stereocenters. The predicted molar refractivity (Wildman–Crippen MR) is 167 cm³/mol. The largest absolute Gasteiger partial charge is 0.453 e. The fourth-order valence-electron chi connectivity index (χ4n) is 4.49. The Morgan fingerprint density at radius 2 is 1.74 bits per heavy atom. The number of hydrogen-bond donors (Lipinski definition) is 4. The summed E-state index contributed by atoms with van der Waals surface area (Å²) < 4.78 is 52.2. The average molecular weight is 647 g/mol. The monoisotopic (exact) mass is 646 g/mol. The summed E-state index contributed by atoms with van der Waals surface area (Å²) in [5.41, 5.74) is 3.10. The maximum atomic E-state index is 13.5. The highest BCUT2D eigenvalue weighted by molar-refractivity contribution is 7.92. The number of anilines is 1. The van der Waals surface area contributed by atoms with Crippen molar-refractivity contribution in [1.82, 2.24) is 25.8 Å². The third-order valence-electron chi connectivity index (χ3n) is 6.97. The standard InChI is InChI=1S/C32H31FN6O6S/c1-44-32(41)36-29(22-6-10-25(33)11-7-22)31-37-30(38-45-31)23-8-14-27(15-9-23)46(42,43)39-26-12-4-21(5-13-26)16-18-35-20-28(40)24-3-2-17-34-19-24/h2-15,17,19,28-29,35,39-40H,16,18,20H2,1H3,(H,36,41)/t28-,29?/m0/s1. The zero-order chi connectivity index (χ0) is 32.5. The molecule has 2 atom stereocenters. The molecule has 0 spiro atoms. The highest BCUT2D eigenvalue weighted by Crippen LogP contribution is 2.26. The van der Waals surface area contributed by atoms with Crippen LogP contribution in [0.5, 0.6) is 0 Å². The van der Waals surface area contributed by atoms with Gasteiger partial charge in [-0.1, -0.05) is 35.5 Å². The maximum absolute atomic E-state index is 13.5. The van der Waals surface area contributed by atoms with Crippen molar-refractivity contribution < 1.29 is 32.0 Å². The number of benzene rings is 3. The molecular weight excluding hydrogens is 615 g/mol. The topological polar surface area (TPSA) is 169 Å². The molecule has 46 heavy (non-hydrogen) atoms. The Morgan fingerprint density at radius 1 is 1.00 bits per heavy atom. The van der Waals surface area contributed by atoms with Gasteiger partial charge in [-0.25, -0.2) is 17.6 Å². The summed E-state index contributed by atoms with van der Waals surface area (Å²) in [6.07, 6.45) is 2.57. The van der Waals surface area contributed by atoms with Gasteiger partial charge in [0.15, 0.2) is 0 Å². The van der Waals surface area contributed by atoms with E-state index in [2.05, 4.69) is 35.2 Å². The Hall–Kier alpha value is -5.18. The number of aromatic nitrogens is 3. The van der Waals surface area contributed by atoms with Crippen LogP contribution in [0.25, 0.3) is 11.4 Å². The van der Waals surface area contributed by atoms with Gasteiger partial charge < -0.3 is 25.0 Å². The third-order valence-corrected chi connectivity index (χ3v) is 8.36. The van der Waals surface area contributed by atoms with E-state index in [0.29, 0.717) is 36.3 Å². The summed E-state index contributed by atoms with van der Waals surface area (Å²) in [6, 6.07) is 21.0. The SMILES string of the molecule is COC(=O)NC(c1ccc(F)cc1)c1nc(-c2ccc(S(=O)(=O)Nc3ccc(CCNC[C@H](O)c4cccnc4)cc3)cc2)no1. The second-order valence-corrected chi connectivity index (χ2v) is 11.8. The quantitative estimate of drug-likeness (QED) is 0.135. The van der Waals surface area contributed by atoms with E-state index in [1.54, 1.807) is 30.6 Å². The van der Waals surface area contributed by atoms with E-state index in [1.807, 2.05) is 18.2 Å². The number of hydrogen-bond acceptors (Lipinski definition) is 10. The molecule has 2 aromatic heterocycles. The Bertz CT molecular complexity index is 1840. The molecule has 14 heteroatoms. The molecule has 0 bridgehead atoms. The second-order valence-electron chi connectivity index (χ2n) is 10.2. The molecule has 0 saturated carbocycles. The minimum Gasteiger partial charge on any atom is -0.453 e. The molecule has 2 heterocycles. The summed E-state index contributed by atoms with van der Waals surface area (Å²) in [7, 11) is -2.69. The number of amides is 1. The number of methoxy groups -OCH3 is 1. The predicted octanol–water partition coefficient (Wildman–Crippen LogP) is 4.38. The van der Waals surface area contributed by atoms with E-state index in [-0.39, 0.29) is 16.6 Å². The Kier molecular flexibility index (Phi) is 10.3. The van der Waals surface area contributed by atoms with E-state index < -0.39 is 34.1 Å². The Morgan fingerprint density at radius 3 is 2.41 bits per heavy atom. The van der Waals surface area contributed by atoms with Gasteiger partial charge in [0.25, 0.3) is 15.9 Å². The minimum atomic E-state index is -3.90. The number of alkyl carbamates (subject to hydrolysis) is 1. The van der Waals surface area contributed by atoms with Crippen LogP contribution in [0, 0.1) is 5.82 Å². The molecule has 0 aliphatic heterocycles. The summed E-state index contributed by atoms with van der Waals surface area (Å²) in [5.74, 6) is -0.276. The van der Waals surface area contributed by atoms with Crippen molar-refractivity contribution in [3.63, 3.8) is 0 Å². The molecule has 0 radical (unpaired) electrons. The Balaban J connectivity index is 1.18. The van der Waals surface area contributed by atoms with Crippen LogP contribution < -0.4 is 15.4 Å². The van der Waals surface area contributed by atoms with Crippen LogP contribution in [0.2, 0.25) is 0 Å². The second kappa shape index (κ2) is 14.7. The molecule has 3 aromatic carbocycles. The van der Waals surface area contributed by atoms with Crippen molar-refractivity contribution >= 4 is 21.8 Å². The normalized spacial score (nSPS) is 12.7. The summed E-state index contributed by atoms with van der Waals surface area (Å²) >= 11 is 0. The van der Waals surface area contributed by atoms with Gasteiger partial charge in [-0.15, -0.1) is 0 Å². The lowest BCUT2D eigenvalue weighted by atomic mass is 10.1. The number of halogens is 1. The van der Waals surface area contributed by atoms with Crippen LogP contribution in [0.3, 0.4) is 0 Å². The molecule has 0 fully saturated rings. The smallest absolute Gasteiger partial charge is 0.407 e. The number of aliphatic hydroxyl groups excluding tert-OH is 1. The summed E-state index contributed by atoms with van der Waals surface area (Å²) in [4.78, 5) is 20.3. The van der Waals surface area contributed by atoms with Crippen molar-refractivity contribution in [2.24, 2.45) is 0 Å². The van der Waals surface area contributed by atoms with E-state index in [0.717, 1.165) is 11.1 Å². The lowest BCUT2D eigenvalue weighted by Gasteiger charge is -2.14. The highest BCUT2D eigenvalue weighted by Gasteiger charge is 2.24. The first-order valence-electron chi connectivity index (χ1n) is 14.2. The fourth-order valence-corrected chi connectivity index (χ4v) is 5.55. The molecule has 12 nitrogen and oxygen atoms in total. The summed E-state index contributed by atoms with van der Waals surface area (Å²) in [5, 5.41) is 20.0. The van der Waals surface area contributed by atoms with Crippen LogP contribution in [-0.2, 0) is 21.2 Å². The highest BCUT2D eigenvalue weighted by atomic mass is 32.2. The van der Waals surface area contributed by atoms with Crippen molar-refractivity contribution in [1.29, 1.82) is 0 Å². The fraction of sp³-hybridized carbons (Fsp3) is 0.188. The van der Waals surface area contributed by atoms with Crippen LogP contribution in [0.15, 0.2) is 107 Å². The van der Waals surface area contributed by atoms with Crippen LogP contribution in [-0.4, -0.2) is 54.9 Å². The van der Waals surface area contributed by atoms with Gasteiger partial charge in [0.1, 0.15) is 11.9 Å². The number of aliphatic hydroxyl groups is 1. The van der Waals surface area contributed by atoms with Crippen molar-refractivity contribution in [2.75, 3.05) is 24.9 Å². The maximum Gasteiger partial charge on any atom is 0.407 e. The number of nitrogens with zero attached hydrogens (tertiary/aromatic N) is 3. The molecule has 0 aliphatic carbocycles. The number of rotatable bonds is 13. The minimum absolute atomic E-state index is 0.0203. The molecule has 238 valence electrons. The van der Waals surface area contributed by atoms with Gasteiger partial charge in [0.2, 0.25) is 5.82 Å². The number of carbonyl (C=O) groups excluding carboxylic acids is 1. The van der Waals surface area contributed by atoms with Gasteiger partial charge in [0.05, 0.1) is 18.1 Å². The number of nitrogens with one attached hydrogen (secondary N) is 3. The van der Waals surface area contributed by atoms with Gasteiger partial charge in [-0.05, 0) is 78.7 Å². The lowest BCUT2D eigenvalue weighted by molar-refractivity contribution is 0.166. The number of ether oxygens (including phenoxy) is 1. The third kappa shape index (κ3) is 8.29. The van der Waals surface area contributed by atoms with Gasteiger partial charge in [-0.3, -0.25) is 9.71 Å². The molecule has 5 rings (SSSR count). The zero-order valence-electron chi connectivity index (χ0n) is 24.6. The van der Waals surface area contributed by atoms with Crippen molar-refractivity contribution in [3.05, 3.63) is 126 Å². The van der Waals surface area contributed by atoms with E-state index in [1.165, 1.54) is 55.6 Å². The van der Waals surface area contributed by atoms with Crippen LogP contribution >= 0.6 is 0 Å². The molecule has 1 amide bonds. The molecule has 5 aromatic rings. The summed E-state index contributed by atoms with van der Waals surface area (Å²) in [6.45, 7) is 1.02. The first-order chi connectivity index (χ1) is 22.2. The number of pyridine rings is 1. The van der Waals surface area contributed by atoms with Crippen molar-refractivity contribution in [2.45, 2.75) is 23.5 Å². The molecule has 4 N–H and O–H groups in total. The number of sulfonamides is 1. The number of carbonyl (C=O) groups is 1. The first kappa shape index (κ1) is 32.2. The average Bonchev–Trinajstić information content (AvgIpc) is 3.57. The molecular formula is C32H31FN6O6S. The van der Waals surface area contributed by atoms with Gasteiger partial charge in [0, 0.05) is 35.8 Å². The zero-order valence-corrected chi connectivity index (χ0v) is 25.4. The van der Waals surface area contributed by atoms with E-state index >= 15 is 0 Å². The lowest BCUT2D eigenvalue weighted by Crippen LogP contribution is -2.29. The van der Waals surface area contributed by atoms with Crippen LogP contribution in [0.4, 0.5) is 14.9 Å². The van der Waals surface area contributed by atoms with E-state index in [9.17, 15) is 22.7 Å². The van der Waals surface area contributed by atoms with Crippen molar-refractivity contribution in [3.8, 4) is 11.4 Å². The van der Waals surface area contributed by atoms with Gasteiger partial charge >= 0.3 is 6.09 Å². The van der Waals surface area contributed by atoms with Gasteiger partial charge in [-0.2, -0.15) is 4.98 Å². The molecule has 0 aliphatic rings. The van der Waals surface area contributed by atoms with E-state index in [4.69, 9.17) is 4.52 Å². The molecule has 0 saturated heterocycles. The van der Waals surface area contributed by atoms with Crippen LogP contribution in [0.1, 0.15) is 34.7 Å². The first-order valence-corrected chi connectivity index (χ1v) is 15.6.